The lowest BCUT2D eigenvalue weighted by atomic mass is 10.2. The van der Waals surface area contributed by atoms with E-state index in [0.29, 0.717) is 0 Å². The van der Waals surface area contributed by atoms with Crippen molar-refractivity contribution < 1.29 is 18.0 Å². The SMILES string of the molecule is CC(=O)N(C(C)C)C(C)C(F)(F)F. The normalized spacial score (nSPS) is 14.5. The van der Waals surface area contributed by atoms with Crippen molar-refractivity contribution in [3.63, 3.8) is 0 Å². The molecular formula is C8H14F3NO. The fraction of sp³-hybridized carbons (Fsp3) is 0.875. The fourth-order valence-electron chi connectivity index (χ4n) is 1.24. The smallest absolute Gasteiger partial charge is 0.329 e. The Morgan fingerprint density at radius 3 is 1.69 bits per heavy atom. The zero-order valence-corrected chi connectivity index (χ0v) is 8.14. The van der Waals surface area contributed by atoms with Crippen LogP contribution >= 0.6 is 0 Å². The summed E-state index contributed by atoms with van der Waals surface area (Å²) in [7, 11) is 0. The molecule has 0 aliphatic heterocycles. The van der Waals surface area contributed by atoms with Crippen LogP contribution in [-0.2, 0) is 4.79 Å². The van der Waals surface area contributed by atoms with Gasteiger partial charge in [-0.1, -0.05) is 0 Å². The number of nitrogens with zero attached hydrogens (tertiary/aromatic N) is 1. The predicted octanol–water partition coefficient (Wildman–Crippen LogP) is 2.19. The fourth-order valence-corrected chi connectivity index (χ4v) is 1.24. The molecular weight excluding hydrogens is 183 g/mol. The van der Waals surface area contributed by atoms with E-state index in [0.717, 1.165) is 18.7 Å². The monoisotopic (exact) mass is 197 g/mol. The second-order valence-corrected chi connectivity index (χ2v) is 3.24. The third-order valence-electron chi connectivity index (χ3n) is 1.81. The van der Waals surface area contributed by atoms with Gasteiger partial charge in [-0.05, 0) is 20.8 Å². The van der Waals surface area contributed by atoms with Crippen molar-refractivity contribution in [2.75, 3.05) is 0 Å². The molecule has 0 aliphatic rings. The molecule has 1 unspecified atom stereocenters. The van der Waals surface area contributed by atoms with E-state index in [9.17, 15) is 18.0 Å². The third-order valence-corrected chi connectivity index (χ3v) is 1.81. The minimum atomic E-state index is -4.35. The van der Waals surface area contributed by atoms with Crippen LogP contribution in [0.25, 0.3) is 0 Å². The van der Waals surface area contributed by atoms with E-state index in [1.54, 1.807) is 13.8 Å². The van der Waals surface area contributed by atoms with E-state index in [2.05, 4.69) is 0 Å². The van der Waals surface area contributed by atoms with Crippen molar-refractivity contribution in [1.29, 1.82) is 0 Å². The molecule has 13 heavy (non-hydrogen) atoms. The minimum Gasteiger partial charge on any atom is -0.329 e. The summed E-state index contributed by atoms with van der Waals surface area (Å²) >= 11 is 0. The van der Waals surface area contributed by atoms with Gasteiger partial charge in [-0.2, -0.15) is 13.2 Å². The van der Waals surface area contributed by atoms with E-state index < -0.39 is 24.2 Å². The molecule has 0 fully saturated rings. The summed E-state index contributed by atoms with van der Waals surface area (Å²) in [6, 6.07) is -2.15. The summed E-state index contributed by atoms with van der Waals surface area (Å²) in [4.78, 5) is 11.7. The molecule has 0 spiro atoms. The maximum Gasteiger partial charge on any atom is 0.408 e. The first-order chi connectivity index (χ1) is 5.68. The molecule has 0 aromatic rings. The van der Waals surface area contributed by atoms with Crippen molar-refractivity contribution in [2.24, 2.45) is 0 Å². The standard InChI is InChI=1S/C8H14F3NO/c1-5(2)12(7(4)13)6(3)8(9,10)11/h5-6H,1-4H3. The highest BCUT2D eigenvalue weighted by Gasteiger charge is 2.41. The molecule has 0 aliphatic carbocycles. The Kier molecular flexibility index (Phi) is 3.75. The maximum absolute atomic E-state index is 12.2. The third kappa shape index (κ3) is 3.24. The van der Waals surface area contributed by atoms with Gasteiger partial charge < -0.3 is 4.90 Å². The molecule has 2 nitrogen and oxygen atoms in total. The summed E-state index contributed by atoms with van der Waals surface area (Å²) in [5.41, 5.74) is 0. The number of carbonyl (C=O) groups is 1. The summed E-state index contributed by atoms with van der Waals surface area (Å²) in [5, 5.41) is 0. The minimum absolute atomic E-state index is 0.436. The van der Waals surface area contributed by atoms with Crippen LogP contribution < -0.4 is 0 Å². The molecule has 0 heterocycles. The topological polar surface area (TPSA) is 20.3 Å². The molecule has 1 atom stereocenters. The van der Waals surface area contributed by atoms with Crippen molar-refractivity contribution >= 4 is 5.91 Å². The molecule has 0 bridgehead atoms. The lowest BCUT2D eigenvalue weighted by Gasteiger charge is -2.33. The molecule has 1 amide bonds. The maximum atomic E-state index is 12.2. The van der Waals surface area contributed by atoms with Gasteiger partial charge in [-0.25, -0.2) is 0 Å². The Balaban J connectivity index is 4.67. The van der Waals surface area contributed by atoms with E-state index in [-0.39, 0.29) is 0 Å². The largest absolute Gasteiger partial charge is 0.408 e. The Labute approximate surface area is 75.7 Å². The number of carbonyl (C=O) groups excluding carboxylic acids is 1. The zero-order chi connectivity index (χ0) is 10.8. The van der Waals surface area contributed by atoms with Crippen LogP contribution in [0.5, 0.6) is 0 Å². The van der Waals surface area contributed by atoms with Gasteiger partial charge in [0, 0.05) is 13.0 Å². The van der Waals surface area contributed by atoms with E-state index in [1.165, 1.54) is 0 Å². The van der Waals surface area contributed by atoms with Crippen LogP contribution in [0.2, 0.25) is 0 Å². The van der Waals surface area contributed by atoms with Gasteiger partial charge in [0.25, 0.3) is 0 Å². The molecule has 78 valence electrons. The molecule has 0 saturated heterocycles. The number of halogens is 3. The van der Waals surface area contributed by atoms with Crippen molar-refractivity contribution in [2.45, 2.75) is 46.0 Å². The van der Waals surface area contributed by atoms with E-state index in [1.807, 2.05) is 0 Å². The van der Waals surface area contributed by atoms with Crippen LogP contribution in [0.15, 0.2) is 0 Å². The lowest BCUT2D eigenvalue weighted by Crippen LogP contribution is -2.49. The summed E-state index contributed by atoms with van der Waals surface area (Å²) in [6.45, 7) is 5.25. The van der Waals surface area contributed by atoms with Gasteiger partial charge in [0.1, 0.15) is 6.04 Å². The summed E-state index contributed by atoms with van der Waals surface area (Å²) in [5.74, 6) is -0.556. The molecule has 0 radical (unpaired) electrons. The number of alkyl halides is 3. The van der Waals surface area contributed by atoms with Crippen LogP contribution in [0.4, 0.5) is 13.2 Å². The Morgan fingerprint density at radius 1 is 1.23 bits per heavy atom. The summed E-state index contributed by atoms with van der Waals surface area (Å²) in [6.07, 6.45) is -4.35. The van der Waals surface area contributed by atoms with E-state index in [4.69, 9.17) is 0 Å². The van der Waals surface area contributed by atoms with E-state index >= 15 is 0 Å². The second kappa shape index (κ2) is 3.98. The first-order valence-corrected chi connectivity index (χ1v) is 4.03. The van der Waals surface area contributed by atoms with Crippen LogP contribution in [0, 0.1) is 0 Å². The average Bonchev–Trinajstić information content (AvgIpc) is 1.82. The van der Waals surface area contributed by atoms with Gasteiger partial charge in [0.15, 0.2) is 0 Å². The van der Waals surface area contributed by atoms with Gasteiger partial charge in [0.05, 0.1) is 0 Å². The van der Waals surface area contributed by atoms with Gasteiger partial charge in [-0.15, -0.1) is 0 Å². The predicted molar refractivity (Wildman–Crippen MR) is 43.2 cm³/mol. The average molecular weight is 197 g/mol. The van der Waals surface area contributed by atoms with Crippen molar-refractivity contribution in [1.82, 2.24) is 4.90 Å². The Hall–Kier alpha value is -0.740. The zero-order valence-electron chi connectivity index (χ0n) is 8.14. The van der Waals surface area contributed by atoms with Gasteiger partial charge in [0.2, 0.25) is 5.91 Å². The lowest BCUT2D eigenvalue weighted by molar-refractivity contribution is -0.188. The van der Waals surface area contributed by atoms with Crippen LogP contribution in [0.3, 0.4) is 0 Å². The van der Waals surface area contributed by atoms with Crippen LogP contribution in [0.1, 0.15) is 27.7 Å². The molecule has 0 rings (SSSR count). The van der Waals surface area contributed by atoms with Gasteiger partial charge in [-0.3, -0.25) is 4.79 Å². The van der Waals surface area contributed by atoms with Crippen molar-refractivity contribution in [3.05, 3.63) is 0 Å². The highest BCUT2D eigenvalue weighted by Crippen LogP contribution is 2.25. The highest BCUT2D eigenvalue weighted by atomic mass is 19.4. The second-order valence-electron chi connectivity index (χ2n) is 3.24. The Bertz CT molecular complexity index is 188. The van der Waals surface area contributed by atoms with Gasteiger partial charge >= 0.3 is 6.18 Å². The Morgan fingerprint density at radius 2 is 1.62 bits per heavy atom. The number of rotatable bonds is 2. The first-order valence-electron chi connectivity index (χ1n) is 4.03. The van der Waals surface area contributed by atoms with Crippen LogP contribution in [-0.4, -0.2) is 29.1 Å². The quantitative estimate of drug-likeness (QED) is 0.664. The van der Waals surface area contributed by atoms with Crippen molar-refractivity contribution in [3.8, 4) is 0 Å². The summed E-state index contributed by atoms with van der Waals surface area (Å²) < 4.78 is 36.7. The molecule has 0 aromatic heterocycles. The number of hydrogen-bond donors (Lipinski definition) is 0. The molecule has 5 heteroatoms. The highest BCUT2D eigenvalue weighted by molar-refractivity contribution is 5.74. The number of amides is 1. The molecule has 0 N–H and O–H groups in total. The molecule has 0 saturated carbocycles. The first kappa shape index (κ1) is 12.3. The number of hydrogen-bond acceptors (Lipinski definition) is 1. The molecule has 0 aromatic carbocycles.